The molecule has 0 spiro atoms. The highest BCUT2D eigenvalue weighted by Gasteiger charge is 2.26. The zero-order valence-electron chi connectivity index (χ0n) is 22.3. The van der Waals surface area contributed by atoms with Crippen LogP contribution in [0, 0.1) is 5.92 Å². The minimum absolute atomic E-state index is 0.168. The monoisotopic (exact) mass is 528 g/mol. The van der Waals surface area contributed by atoms with E-state index in [0.717, 1.165) is 18.5 Å². The first-order chi connectivity index (χ1) is 18.9. The molecule has 0 radical (unpaired) electrons. The summed E-state index contributed by atoms with van der Waals surface area (Å²) in [6.07, 6.45) is 3.95. The summed E-state index contributed by atoms with van der Waals surface area (Å²) >= 11 is 0. The summed E-state index contributed by atoms with van der Waals surface area (Å²) in [6.45, 7) is 3.95. The fourth-order valence-corrected chi connectivity index (χ4v) is 4.50. The molecule has 1 fully saturated rings. The van der Waals surface area contributed by atoms with Crippen LogP contribution in [-0.4, -0.2) is 53.4 Å². The maximum absolute atomic E-state index is 13.0. The molecule has 1 amide bonds. The molecule has 3 aromatic rings. The molecule has 1 unspecified atom stereocenters. The Bertz CT molecular complexity index is 1260. The minimum atomic E-state index is -1.00. The summed E-state index contributed by atoms with van der Waals surface area (Å²) < 4.78 is 5.87. The fraction of sp³-hybridized carbons (Fsp3) is 0.344. The number of rotatable bonds is 15. The van der Waals surface area contributed by atoms with Crippen LogP contribution >= 0.6 is 0 Å². The van der Waals surface area contributed by atoms with Gasteiger partial charge in [0.2, 0.25) is 5.91 Å². The number of hydrogen-bond acceptors (Lipinski definition) is 5. The average Bonchev–Trinajstić information content (AvgIpc) is 3.79. The predicted molar refractivity (Wildman–Crippen MR) is 151 cm³/mol. The van der Waals surface area contributed by atoms with Gasteiger partial charge in [-0.3, -0.25) is 9.59 Å². The van der Waals surface area contributed by atoms with E-state index in [2.05, 4.69) is 5.32 Å². The number of ether oxygens (including phenoxy) is 1. The molecule has 2 N–H and O–H groups in total. The van der Waals surface area contributed by atoms with Crippen LogP contribution in [0.2, 0.25) is 0 Å². The van der Waals surface area contributed by atoms with Crippen molar-refractivity contribution < 1.29 is 24.2 Å². The van der Waals surface area contributed by atoms with Crippen LogP contribution in [-0.2, 0) is 16.0 Å². The van der Waals surface area contributed by atoms with E-state index in [9.17, 15) is 19.5 Å². The summed E-state index contributed by atoms with van der Waals surface area (Å²) in [4.78, 5) is 39.3. The number of carbonyl (C=O) groups excluding carboxylic acids is 2. The van der Waals surface area contributed by atoms with Crippen molar-refractivity contribution in [3.8, 4) is 5.75 Å². The lowest BCUT2D eigenvalue weighted by Gasteiger charge is -2.22. The molecule has 204 valence electrons. The van der Waals surface area contributed by atoms with Gasteiger partial charge in [-0.05, 0) is 55.0 Å². The first-order valence-electron chi connectivity index (χ1n) is 13.6. The highest BCUT2D eigenvalue weighted by atomic mass is 16.5. The quantitative estimate of drug-likeness (QED) is 0.201. The molecule has 4 rings (SSSR count). The number of nitrogens with one attached hydrogen (secondary N) is 1. The minimum Gasteiger partial charge on any atom is -0.494 e. The first-order valence-corrected chi connectivity index (χ1v) is 13.6. The summed E-state index contributed by atoms with van der Waals surface area (Å²) in [5.41, 5.74) is 2.28. The summed E-state index contributed by atoms with van der Waals surface area (Å²) in [5, 5.41) is 13.0. The van der Waals surface area contributed by atoms with Crippen LogP contribution in [0.5, 0.6) is 5.75 Å². The van der Waals surface area contributed by atoms with Gasteiger partial charge in [-0.15, -0.1) is 0 Å². The van der Waals surface area contributed by atoms with E-state index in [-0.39, 0.29) is 18.1 Å². The van der Waals surface area contributed by atoms with Gasteiger partial charge < -0.3 is 20.1 Å². The Morgan fingerprint density at radius 1 is 0.974 bits per heavy atom. The lowest BCUT2D eigenvalue weighted by molar-refractivity contribution is -0.138. The van der Waals surface area contributed by atoms with E-state index in [1.54, 1.807) is 48.5 Å². The Morgan fingerprint density at radius 3 is 2.33 bits per heavy atom. The van der Waals surface area contributed by atoms with E-state index in [1.807, 2.05) is 42.2 Å². The van der Waals surface area contributed by atoms with Crippen LogP contribution in [0.3, 0.4) is 0 Å². The molecule has 1 atom stereocenters. The van der Waals surface area contributed by atoms with Crippen molar-refractivity contribution in [2.45, 2.75) is 45.1 Å². The van der Waals surface area contributed by atoms with Crippen molar-refractivity contribution in [1.29, 1.82) is 0 Å². The van der Waals surface area contributed by atoms with Crippen LogP contribution in [0.4, 0.5) is 5.69 Å². The molecule has 39 heavy (non-hydrogen) atoms. The van der Waals surface area contributed by atoms with Crippen molar-refractivity contribution in [3.05, 3.63) is 95.6 Å². The van der Waals surface area contributed by atoms with Gasteiger partial charge in [0.25, 0.3) is 0 Å². The largest absolute Gasteiger partial charge is 0.494 e. The molecule has 0 heterocycles. The second-order valence-electron chi connectivity index (χ2n) is 9.96. The molecule has 0 aromatic heterocycles. The number of aliphatic carboxylic acids is 1. The third-order valence-corrected chi connectivity index (χ3v) is 6.87. The molecule has 0 bridgehead atoms. The number of ketones is 1. The topological polar surface area (TPSA) is 95.9 Å². The second kappa shape index (κ2) is 13.6. The van der Waals surface area contributed by atoms with E-state index in [0.29, 0.717) is 48.1 Å². The van der Waals surface area contributed by atoms with Crippen molar-refractivity contribution in [2.75, 3.05) is 25.0 Å². The van der Waals surface area contributed by atoms with Crippen LogP contribution in [0.1, 0.15) is 54.1 Å². The van der Waals surface area contributed by atoms with Crippen molar-refractivity contribution >= 4 is 23.3 Å². The molecular weight excluding hydrogens is 492 g/mol. The zero-order chi connectivity index (χ0) is 27.6. The number of nitrogens with zero attached hydrogens (tertiary/aromatic N) is 1. The van der Waals surface area contributed by atoms with Gasteiger partial charge in [-0.2, -0.15) is 0 Å². The van der Waals surface area contributed by atoms with Crippen molar-refractivity contribution in [3.63, 3.8) is 0 Å². The third kappa shape index (κ3) is 8.18. The number of hydrogen-bond donors (Lipinski definition) is 2. The highest BCUT2D eigenvalue weighted by Crippen LogP contribution is 2.30. The molecule has 1 saturated carbocycles. The standard InChI is InChI=1S/C32H36N2O5/c1-2-30(35)34(22-24-13-14-24)19-8-20-39-26-17-15-23(16-18-26)21-29(32(37)38)33-28-12-7-6-11-27(28)31(36)25-9-4-3-5-10-25/h3-7,9-12,15-18,24,29,33H,2,8,13-14,19-22H2,1H3,(H,37,38). The predicted octanol–water partition coefficient (Wildman–Crippen LogP) is 5.44. The molecule has 0 aliphatic heterocycles. The highest BCUT2D eigenvalue weighted by molar-refractivity contribution is 6.12. The number of carboxylic acids is 1. The molecule has 1 aliphatic rings. The lowest BCUT2D eigenvalue weighted by Crippen LogP contribution is -2.33. The number of benzene rings is 3. The van der Waals surface area contributed by atoms with Gasteiger partial charge in [-0.1, -0.05) is 61.5 Å². The van der Waals surface area contributed by atoms with E-state index in [1.165, 1.54) is 12.8 Å². The maximum Gasteiger partial charge on any atom is 0.326 e. The van der Waals surface area contributed by atoms with Gasteiger partial charge in [-0.25, -0.2) is 4.79 Å². The van der Waals surface area contributed by atoms with Crippen LogP contribution < -0.4 is 10.1 Å². The van der Waals surface area contributed by atoms with Gasteiger partial charge in [0.1, 0.15) is 11.8 Å². The Morgan fingerprint density at radius 2 is 1.67 bits per heavy atom. The SMILES string of the molecule is CCC(=O)N(CCCOc1ccc(CC(Nc2ccccc2C(=O)c2ccccc2)C(=O)O)cc1)CC1CC1. The van der Waals surface area contributed by atoms with Crippen LogP contribution in [0.15, 0.2) is 78.9 Å². The first kappa shape index (κ1) is 27.9. The third-order valence-electron chi connectivity index (χ3n) is 6.87. The average molecular weight is 529 g/mol. The van der Waals surface area contributed by atoms with Gasteiger partial charge >= 0.3 is 5.97 Å². The molecule has 0 saturated heterocycles. The Labute approximate surface area is 229 Å². The van der Waals surface area contributed by atoms with Crippen molar-refractivity contribution in [1.82, 2.24) is 4.90 Å². The summed E-state index contributed by atoms with van der Waals surface area (Å²) in [6, 6.07) is 22.4. The lowest BCUT2D eigenvalue weighted by atomic mass is 10.00. The van der Waals surface area contributed by atoms with Crippen molar-refractivity contribution in [2.24, 2.45) is 5.92 Å². The van der Waals surface area contributed by atoms with Gasteiger partial charge in [0.05, 0.1) is 6.61 Å². The molecule has 3 aromatic carbocycles. The number of carbonyl (C=O) groups is 3. The number of anilines is 1. The smallest absolute Gasteiger partial charge is 0.326 e. The second-order valence-corrected chi connectivity index (χ2v) is 9.96. The van der Waals surface area contributed by atoms with E-state index >= 15 is 0 Å². The number of amides is 1. The normalized spacial score (nSPS) is 13.4. The Hall–Kier alpha value is -4.13. The van der Waals surface area contributed by atoms with Gasteiger partial charge in [0.15, 0.2) is 5.78 Å². The maximum atomic E-state index is 13.0. The number of para-hydroxylation sites is 1. The van der Waals surface area contributed by atoms with E-state index < -0.39 is 12.0 Å². The molecule has 1 aliphatic carbocycles. The molecule has 7 nitrogen and oxygen atoms in total. The summed E-state index contributed by atoms with van der Waals surface area (Å²) in [5.74, 6) is 0.387. The van der Waals surface area contributed by atoms with E-state index in [4.69, 9.17) is 4.74 Å². The molecular formula is C32H36N2O5. The Balaban J connectivity index is 1.32. The molecule has 7 heteroatoms. The zero-order valence-corrected chi connectivity index (χ0v) is 22.3. The Kier molecular flexibility index (Phi) is 9.73. The fourth-order valence-electron chi connectivity index (χ4n) is 4.50. The summed E-state index contributed by atoms with van der Waals surface area (Å²) in [7, 11) is 0. The van der Waals surface area contributed by atoms with Gasteiger partial charge in [0, 0.05) is 42.7 Å². The number of carboxylic acid groups (broad SMARTS) is 1. The van der Waals surface area contributed by atoms with Crippen LogP contribution in [0.25, 0.3) is 0 Å².